The minimum atomic E-state index is -0.587. The third-order valence-corrected chi connectivity index (χ3v) is 5.22. The zero-order valence-electron chi connectivity index (χ0n) is 16.6. The summed E-state index contributed by atoms with van der Waals surface area (Å²) in [5, 5.41) is 10.2. The van der Waals surface area contributed by atoms with E-state index in [0.29, 0.717) is 6.42 Å². The van der Waals surface area contributed by atoms with Gasteiger partial charge >= 0.3 is 5.97 Å². The van der Waals surface area contributed by atoms with Crippen molar-refractivity contribution in [1.29, 1.82) is 0 Å². The first-order valence-corrected chi connectivity index (χ1v) is 10.4. The van der Waals surface area contributed by atoms with E-state index in [2.05, 4.69) is 23.5 Å². The van der Waals surface area contributed by atoms with Crippen molar-refractivity contribution in [1.82, 2.24) is 0 Å². The van der Waals surface area contributed by atoms with Gasteiger partial charge < -0.3 is 9.84 Å². The van der Waals surface area contributed by atoms with Gasteiger partial charge in [-0.15, -0.1) is 5.92 Å². The van der Waals surface area contributed by atoms with E-state index in [1.807, 2.05) is 0 Å². The van der Waals surface area contributed by atoms with E-state index in [1.54, 1.807) is 0 Å². The summed E-state index contributed by atoms with van der Waals surface area (Å²) in [6.07, 6.45) is 11.6. The van der Waals surface area contributed by atoms with Crippen LogP contribution in [0, 0.1) is 23.7 Å². The quantitative estimate of drug-likeness (QED) is 0.316. The molecular weight excluding hydrogens is 328 g/mol. The van der Waals surface area contributed by atoms with Gasteiger partial charge in [0.15, 0.2) is 0 Å². The third-order valence-electron chi connectivity index (χ3n) is 5.22. The molecule has 0 aromatic carbocycles. The van der Waals surface area contributed by atoms with Crippen LogP contribution in [0.3, 0.4) is 0 Å². The normalized spacial score (nSPS) is 22.1. The van der Waals surface area contributed by atoms with E-state index in [1.165, 1.54) is 26.4 Å². The molecule has 1 fully saturated rings. The lowest BCUT2D eigenvalue weighted by Gasteiger charge is -2.15. The van der Waals surface area contributed by atoms with Gasteiger partial charge in [-0.1, -0.05) is 57.8 Å². The molecule has 3 atom stereocenters. The Hall–Kier alpha value is -1.34. The molecule has 148 valence electrons. The van der Waals surface area contributed by atoms with Crippen LogP contribution >= 0.6 is 0 Å². The van der Waals surface area contributed by atoms with E-state index in [9.17, 15) is 14.7 Å². The topological polar surface area (TPSA) is 63.6 Å². The Morgan fingerprint density at radius 3 is 2.54 bits per heavy atom. The highest BCUT2D eigenvalue weighted by Crippen LogP contribution is 2.33. The molecule has 0 amide bonds. The number of unbranched alkanes of at least 4 members (excludes halogenated alkanes) is 8. The van der Waals surface area contributed by atoms with Gasteiger partial charge in [-0.25, -0.2) is 0 Å². The number of carbonyl (C=O) groups excluding carboxylic acids is 2. The fourth-order valence-electron chi connectivity index (χ4n) is 3.59. The molecule has 1 rings (SSSR count). The Balaban J connectivity index is 2.26. The predicted molar refractivity (Wildman–Crippen MR) is 103 cm³/mol. The average molecular weight is 365 g/mol. The second kappa shape index (κ2) is 13.8. The zero-order valence-corrected chi connectivity index (χ0v) is 16.6. The van der Waals surface area contributed by atoms with Crippen LogP contribution in [0.5, 0.6) is 0 Å². The maximum Gasteiger partial charge on any atom is 0.305 e. The number of methoxy groups -OCH3 is 1. The molecule has 1 saturated carbocycles. The molecular formula is C22H36O4. The van der Waals surface area contributed by atoms with E-state index in [-0.39, 0.29) is 30.0 Å². The number of ketones is 1. The molecule has 0 aromatic heterocycles. The molecule has 1 N–H and O–H groups in total. The Kier molecular flexibility index (Phi) is 12.1. The summed E-state index contributed by atoms with van der Waals surface area (Å²) in [5.74, 6) is 6.15. The SMILES string of the molecule is CCCCCCC#C[C@H]1[C@H](O)CC(=O)[C@H]1CCCCCCCC(=O)OC. The van der Waals surface area contributed by atoms with E-state index >= 15 is 0 Å². The van der Waals surface area contributed by atoms with Gasteiger partial charge in [-0.05, 0) is 19.3 Å². The lowest BCUT2D eigenvalue weighted by molar-refractivity contribution is -0.140. The van der Waals surface area contributed by atoms with Crippen molar-refractivity contribution in [2.75, 3.05) is 7.11 Å². The number of Topliss-reactive ketones (excluding diaryl/α,β-unsaturated/α-hetero) is 1. The number of esters is 1. The largest absolute Gasteiger partial charge is 0.469 e. The highest BCUT2D eigenvalue weighted by molar-refractivity contribution is 5.84. The number of hydrogen-bond donors (Lipinski definition) is 1. The number of rotatable bonds is 12. The van der Waals surface area contributed by atoms with Crippen LogP contribution in [-0.2, 0) is 14.3 Å². The zero-order chi connectivity index (χ0) is 19.2. The van der Waals surface area contributed by atoms with E-state index < -0.39 is 6.10 Å². The molecule has 1 aliphatic rings. The van der Waals surface area contributed by atoms with Crippen LogP contribution in [0.2, 0.25) is 0 Å². The molecule has 0 bridgehead atoms. The Bertz CT molecular complexity index is 474. The molecule has 1 aliphatic carbocycles. The van der Waals surface area contributed by atoms with E-state index in [0.717, 1.165) is 51.4 Å². The maximum atomic E-state index is 12.2. The number of aliphatic hydroxyl groups is 1. The molecule has 0 unspecified atom stereocenters. The smallest absolute Gasteiger partial charge is 0.305 e. The fraction of sp³-hybridized carbons (Fsp3) is 0.818. The number of aliphatic hydroxyl groups excluding tert-OH is 1. The van der Waals surface area contributed by atoms with Gasteiger partial charge in [-0.2, -0.15) is 0 Å². The van der Waals surface area contributed by atoms with Crippen LogP contribution in [0.25, 0.3) is 0 Å². The van der Waals surface area contributed by atoms with Crippen molar-refractivity contribution in [2.45, 2.75) is 96.5 Å². The summed E-state index contributed by atoms with van der Waals surface area (Å²) in [6.45, 7) is 2.19. The van der Waals surface area contributed by atoms with Crippen LogP contribution in [0.4, 0.5) is 0 Å². The van der Waals surface area contributed by atoms with Crippen LogP contribution in [-0.4, -0.2) is 30.1 Å². The number of carbonyl (C=O) groups is 2. The van der Waals surface area contributed by atoms with Crippen molar-refractivity contribution in [2.24, 2.45) is 11.8 Å². The lowest BCUT2D eigenvalue weighted by atomic mass is 9.89. The Labute approximate surface area is 159 Å². The Morgan fingerprint density at radius 1 is 1.12 bits per heavy atom. The van der Waals surface area contributed by atoms with Crippen LogP contribution in [0.1, 0.15) is 90.4 Å². The molecule has 4 heteroatoms. The van der Waals surface area contributed by atoms with Gasteiger partial charge in [0, 0.05) is 25.2 Å². The van der Waals surface area contributed by atoms with Gasteiger partial charge in [0.25, 0.3) is 0 Å². The second-order valence-corrected chi connectivity index (χ2v) is 7.38. The first kappa shape index (κ1) is 22.7. The predicted octanol–water partition coefficient (Wildman–Crippen LogP) is 4.43. The average Bonchev–Trinajstić information content (AvgIpc) is 2.90. The van der Waals surface area contributed by atoms with Crippen molar-refractivity contribution in [3.05, 3.63) is 0 Å². The highest BCUT2D eigenvalue weighted by atomic mass is 16.5. The maximum absolute atomic E-state index is 12.2. The van der Waals surface area contributed by atoms with Crippen LogP contribution < -0.4 is 0 Å². The Morgan fingerprint density at radius 2 is 1.81 bits per heavy atom. The van der Waals surface area contributed by atoms with E-state index in [4.69, 9.17) is 0 Å². The summed E-state index contributed by atoms with van der Waals surface area (Å²) in [7, 11) is 1.42. The first-order valence-electron chi connectivity index (χ1n) is 10.4. The monoisotopic (exact) mass is 364 g/mol. The minimum absolute atomic E-state index is 0.0942. The minimum Gasteiger partial charge on any atom is -0.469 e. The second-order valence-electron chi connectivity index (χ2n) is 7.38. The molecule has 0 spiro atoms. The molecule has 0 heterocycles. The van der Waals surface area contributed by atoms with Gasteiger partial charge in [0.2, 0.25) is 0 Å². The summed E-state index contributed by atoms with van der Waals surface area (Å²) in [5.41, 5.74) is 0. The molecule has 0 aromatic rings. The number of ether oxygens (including phenoxy) is 1. The van der Waals surface area contributed by atoms with Crippen LogP contribution in [0.15, 0.2) is 0 Å². The molecule has 4 nitrogen and oxygen atoms in total. The standard InChI is InChI=1S/C22H36O4/c1-3-4-5-6-8-11-14-18-19(21(24)17-20(18)23)15-12-9-7-10-13-16-22(25)26-2/h18-20,23H,3-10,12-13,15-17H2,1-2H3/t18-,19+,20-/m1/s1. The molecule has 0 saturated heterocycles. The van der Waals surface area contributed by atoms with Gasteiger partial charge in [-0.3, -0.25) is 9.59 Å². The molecule has 0 aliphatic heterocycles. The summed E-state index contributed by atoms with van der Waals surface area (Å²) < 4.78 is 4.63. The lowest BCUT2D eigenvalue weighted by Crippen LogP contribution is -2.19. The van der Waals surface area contributed by atoms with Crippen molar-refractivity contribution in [3.8, 4) is 11.8 Å². The van der Waals surface area contributed by atoms with Gasteiger partial charge in [0.05, 0.1) is 19.1 Å². The molecule has 0 radical (unpaired) electrons. The van der Waals surface area contributed by atoms with Crippen molar-refractivity contribution in [3.63, 3.8) is 0 Å². The molecule has 26 heavy (non-hydrogen) atoms. The van der Waals surface area contributed by atoms with Crippen molar-refractivity contribution < 1.29 is 19.4 Å². The first-order chi connectivity index (χ1) is 12.6. The fourth-order valence-corrected chi connectivity index (χ4v) is 3.59. The summed E-state index contributed by atoms with van der Waals surface area (Å²) in [6, 6.07) is 0. The van der Waals surface area contributed by atoms with Gasteiger partial charge in [0.1, 0.15) is 5.78 Å². The number of hydrogen-bond acceptors (Lipinski definition) is 4. The summed E-state index contributed by atoms with van der Waals surface area (Å²) >= 11 is 0. The third kappa shape index (κ3) is 8.85. The summed E-state index contributed by atoms with van der Waals surface area (Å²) in [4.78, 5) is 23.2. The highest BCUT2D eigenvalue weighted by Gasteiger charge is 2.39. The van der Waals surface area contributed by atoms with Crippen molar-refractivity contribution >= 4 is 11.8 Å².